The molecule has 1 aromatic rings. The van der Waals surface area contributed by atoms with E-state index in [0.29, 0.717) is 18.9 Å². The van der Waals surface area contributed by atoms with Crippen LogP contribution in [0.2, 0.25) is 0 Å². The van der Waals surface area contributed by atoms with Crippen LogP contribution in [0.5, 0.6) is 5.75 Å². The summed E-state index contributed by atoms with van der Waals surface area (Å²) in [6, 6.07) is 8.03. The summed E-state index contributed by atoms with van der Waals surface area (Å²) in [6.45, 7) is 6.72. The highest BCUT2D eigenvalue weighted by Gasteiger charge is 2.26. The van der Waals surface area contributed by atoms with Gasteiger partial charge in [-0.2, -0.15) is 0 Å². The van der Waals surface area contributed by atoms with Gasteiger partial charge < -0.3 is 15.4 Å². The van der Waals surface area contributed by atoms with Crippen molar-refractivity contribution in [3.05, 3.63) is 29.8 Å². The Morgan fingerprint density at radius 1 is 1.11 bits per heavy atom. The molecular formula is C21H33N3O3. The van der Waals surface area contributed by atoms with Crippen molar-refractivity contribution in [3.63, 3.8) is 0 Å². The van der Waals surface area contributed by atoms with Crippen molar-refractivity contribution >= 4 is 11.8 Å². The van der Waals surface area contributed by atoms with E-state index in [1.54, 1.807) is 7.11 Å². The van der Waals surface area contributed by atoms with Crippen LogP contribution in [-0.2, 0) is 9.59 Å². The van der Waals surface area contributed by atoms with Gasteiger partial charge in [0.05, 0.1) is 19.7 Å². The lowest BCUT2D eigenvalue weighted by Gasteiger charge is -2.29. The van der Waals surface area contributed by atoms with Gasteiger partial charge in [-0.05, 0) is 44.3 Å². The molecule has 0 radical (unpaired) electrons. The molecular weight excluding hydrogens is 342 g/mol. The lowest BCUT2D eigenvalue weighted by atomic mass is 10.0. The number of ether oxygens (including phenoxy) is 1. The highest BCUT2D eigenvalue weighted by atomic mass is 16.5. The molecule has 2 amide bonds. The highest BCUT2D eigenvalue weighted by Crippen LogP contribution is 2.31. The minimum atomic E-state index is -0.160. The molecule has 27 heavy (non-hydrogen) atoms. The number of carbonyl (C=O) groups is 2. The Balaban J connectivity index is 1.90. The normalized spacial score (nSPS) is 15.6. The number of nitrogens with zero attached hydrogens (tertiary/aromatic N) is 1. The first kappa shape index (κ1) is 21.2. The van der Waals surface area contributed by atoms with E-state index in [1.807, 2.05) is 18.2 Å². The molecule has 1 fully saturated rings. The van der Waals surface area contributed by atoms with E-state index >= 15 is 0 Å². The Morgan fingerprint density at radius 3 is 2.48 bits per heavy atom. The molecule has 1 aliphatic rings. The zero-order chi connectivity index (χ0) is 19.6. The Bertz CT molecular complexity index is 612. The standard InChI is InChI=1S/C21H33N3O3/c1-16(2)10-11-20(25)23-15-21(26)22-14-18(24-12-6-7-13-24)17-8-4-5-9-19(17)27-3/h4-5,8-9,16,18H,6-7,10-15H2,1-3H3,(H,22,26)(H,23,25). The summed E-state index contributed by atoms with van der Waals surface area (Å²) in [5.41, 5.74) is 1.09. The summed E-state index contributed by atoms with van der Waals surface area (Å²) < 4.78 is 5.52. The molecule has 150 valence electrons. The van der Waals surface area contributed by atoms with Crippen LogP contribution in [0, 0.1) is 5.92 Å². The van der Waals surface area contributed by atoms with E-state index in [9.17, 15) is 9.59 Å². The summed E-state index contributed by atoms with van der Waals surface area (Å²) in [5.74, 6) is 1.09. The topological polar surface area (TPSA) is 70.7 Å². The molecule has 0 bridgehead atoms. The second-order valence-corrected chi connectivity index (χ2v) is 7.51. The molecule has 1 aromatic carbocycles. The molecule has 0 spiro atoms. The molecule has 0 aromatic heterocycles. The summed E-state index contributed by atoms with van der Waals surface area (Å²) >= 11 is 0. The quantitative estimate of drug-likeness (QED) is 0.659. The van der Waals surface area contributed by atoms with Crippen LogP contribution in [0.1, 0.15) is 51.1 Å². The van der Waals surface area contributed by atoms with Crippen LogP contribution < -0.4 is 15.4 Å². The van der Waals surface area contributed by atoms with Gasteiger partial charge in [0.15, 0.2) is 0 Å². The molecule has 1 unspecified atom stereocenters. The zero-order valence-electron chi connectivity index (χ0n) is 16.8. The van der Waals surface area contributed by atoms with Crippen molar-refractivity contribution in [2.45, 2.75) is 45.6 Å². The third-order valence-electron chi connectivity index (χ3n) is 4.97. The Labute approximate surface area is 162 Å². The van der Waals surface area contributed by atoms with Crippen molar-refractivity contribution < 1.29 is 14.3 Å². The van der Waals surface area contributed by atoms with Gasteiger partial charge in [0.25, 0.3) is 0 Å². The predicted octanol–water partition coefficient (Wildman–Crippen LogP) is 2.50. The molecule has 2 N–H and O–H groups in total. The lowest BCUT2D eigenvalue weighted by molar-refractivity contribution is -0.126. The van der Waals surface area contributed by atoms with Crippen LogP contribution in [0.4, 0.5) is 0 Å². The molecule has 6 heteroatoms. The maximum atomic E-state index is 12.2. The molecule has 1 atom stereocenters. The monoisotopic (exact) mass is 375 g/mol. The average molecular weight is 376 g/mol. The molecule has 1 aliphatic heterocycles. The number of hydrogen-bond donors (Lipinski definition) is 2. The van der Waals surface area contributed by atoms with Gasteiger partial charge in [0.2, 0.25) is 11.8 Å². The van der Waals surface area contributed by atoms with E-state index in [-0.39, 0.29) is 24.4 Å². The van der Waals surface area contributed by atoms with E-state index in [4.69, 9.17) is 4.74 Å². The van der Waals surface area contributed by atoms with E-state index in [1.165, 1.54) is 12.8 Å². The maximum absolute atomic E-state index is 12.2. The molecule has 2 rings (SSSR count). The van der Waals surface area contributed by atoms with Crippen LogP contribution in [0.15, 0.2) is 24.3 Å². The smallest absolute Gasteiger partial charge is 0.239 e. The lowest BCUT2D eigenvalue weighted by Crippen LogP contribution is -2.41. The molecule has 0 saturated carbocycles. The van der Waals surface area contributed by atoms with Crippen LogP contribution >= 0.6 is 0 Å². The summed E-state index contributed by atoms with van der Waals surface area (Å²) in [5, 5.41) is 5.68. The number of amides is 2. The average Bonchev–Trinajstić information content (AvgIpc) is 3.19. The van der Waals surface area contributed by atoms with E-state index < -0.39 is 0 Å². The number of rotatable bonds is 10. The summed E-state index contributed by atoms with van der Waals surface area (Å²) in [7, 11) is 1.67. The minimum Gasteiger partial charge on any atom is -0.496 e. The minimum absolute atomic E-state index is 0.0234. The fourth-order valence-electron chi connectivity index (χ4n) is 3.39. The number of carbonyl (C=O) groups excluding carboxylic acids is 2. The van der Waals surface area contributed by atoms with Gasteiger partial charge >= 0.3 is 0 Å². The van der Waals surface area contributed by atoms with Crippen molar-refractivity contribution in [1.82, 2.24) is 15.5 Å². The Morgan fingerprint density at radius 2 is 1.81 bits per heavy atom. The number of methoxy groups -OCH3 is 1. The van der Waals surface area contributed by atoms with Crippen LogP contribution in [-0.4, -0.2) is 50.0 Å². The largest absolute Gasteiger partial charge is 0.496 e. The Kier molecular flexibility index (Phi) is 8.58. The zero-order valence-corrected chi connectivity index (χ0v) is 16.8. The first-order chi connectivity index (χ1) is 13.0. The highest BCUT2D eigenvalue weighted by molar-refractivity contribution is 5.84. The van der Waals surface area contributed by atoms with E-state index in [0.717, 1.165) is 30.8 Å². The predicted molar refractivity (Wildman–Crippen MR) is 107 cm³/mol. The van der Waals surface area contributed by atoms with Gasteiger partial charge in [-0.25, -0.2) is 0 Å². The third kappa shape index (κ3) is 6.86. The van der Waals surface area contributed by atoms with Crippen molar-refractivity contribution in [3.8, 4) is 5.75 Å². The van der Waals surface area contributed by atoms with Crippen molar-refractivity contribution in [1.29, 1.82) is 0 Å². The van der Waals surface area contributed by atoms with Gasteiger partial charge in [0, 0.05) is 18.5 Å². The number of likely N-dealkylation sites (tertiary alicyclic amines) is 1. The van der Waals surface area contributed by atoms with Gasteiger partial charge in [-0.3, -0.25) is 14.5 Å². The fraction of sp³-hybridized carbons (Fsp3) is 0.619. The number of nitrogens with one attached hydrogen (secondary N) is 2. The first-order valence-electron chi connectivity index (χ1n) is 9.91. The van der Waals surface area contributed by atoms with Crippen LogP contribution in [0.25, 0.3) is 0 Å². The second kappa shape index (κ2) is 10.9. The van der Waals surface area contributed by atoms with Gasteiger partial charge in [-0.1, -0.05) is 32.0 Å². The second-order valence-electron chi connectivity index (χ2n) is 7.51. The van der Waals surface area contributed by atoms with Crippen LogP contribution in [0.3, 0.4) is 0 Å². The van der Waals surface area contributed by atoms with Crippen molar-refractivity contribution in [2.75, 3.05) is 33.3 Å². The molecule has 1 saturated heterocycles. The Hall–Kier alpha value is -2.08. The summed E-state index contributed by atoms with van der Waals surface area (Å²) in [6.07, 6.45) is 3.64. The maximum Gasteiger partial charge on any atom is 0.239 e. The third-order valence-corrected chi connectivity index (χ3v) is 4.97. The molecule has 6 nitrogen and oxygen atoms in total. The van der Waals surface area contributed by atoms with Gasteiger partial charge in [-0.15, -0.1) is 0 Å². The number of hydrogen-bond acceptors (Lipinski definition) is 4. The SMILES string of the molecule is COc1ccccc1C(CNC(=O)CNC(=O)CCC(C)C)N1CCCC1. The molecule has 0 aliphatic carbocycles. The fourth-order valence-corrected chi connectivity index (χ4v) is 3.39. The number of para-hydroxylation sites is 1. The van der Waals surface area contributed by atoms with Crippen molar-refractivity contribution in [2.24, 2.45) is 5.92 Å². The summed E-state index contributed by atoms with van der Waals surface area (Å²) in [4.78, 5) is 26.4. The van der Waals surface area contributed by atoms with Gasteiger partial charge in [0.1, 0.15) is 5.75 Å². The molecule has 1 heterocycles. The number of benzene rings is 1. The first-order valence-corrected chi connectivity index (χ1v) is 9.91. The van der Waals surface area contributed by atoms with E-state index in [2.05, 4.69) is 35.4 Å².